The lowest BCUT2D eigenvalue weighted by molar-refractivity contribution is -0.198. The van der Waals surface area contributed by atoms with E-state index in [1.165, 1.54) is 6.42 Å². The number of carbonyl (C=O) groups is 1. The summed E-state index contributed by atoms with van der Waals surface area (Å²) in [7, 11) is 1.74. The van der Waals surface area contributed by atoms with Crippen LogP contribution in [-0.4, -0.2) is 35.0 Å². The average Bonchev–Trinajstić information content (AvgIpc) is 2.93. The molecule has 1 aromatic carbocycles. The van der Waals surface area contributed by atoms with E-state index in [2.05, 4.69) is 17.5 Å². The third kappa shape index (κ3) is 2.53. The fourth-order valence-corrected chi connectivity index (χ4v) is 7.44. The van der Waals surface area contributed by atoms with Crippen molar-refractivity contribution in [2.75, 3.05) is 12.1 Å². The molecule has 0 radical (unpaired) electrons. The van der Waals surface area contributed by atoms with Crippen LogP contribution in [0.2, 0.25) is 5.02 Å². The van der Waals surface area contributed by atoms with Crippen molar-refractivity contribution in [3.8, 4) is 0 Å². The van der Waals surface area contributed by atoms with E-state index in [9.17, 15) is 15.0 Å². The van der Waals surface area contributed by atoms with E-state index in [0.717, 1.165) is 25.7 Å². The number of hydrogen-bond acceptors (Lipinski definition) is 5. The number of carboxylic acid groups (broad SMARTS) is 1. The number of para-hydroxylation sites is 1. The Bertz CT molecular complexity index is 954. The molecule has 1 aromatic rings. The van der Waals surface area contributed by atoms with Gasteiger partial charge in [0.2, 0.25) is 0 Å². The topological polar surface area (TPSA) is 82.0 Å². The number of nitrogens with zero attached hydrogens (tertiary/aromatic N) is 1. The predicted octanol–water partition coefficient (Wildman–Crippen LogP) is 4.07. The minimum absolute atomic E-state index is 0.0229. The molecule has 0 amide bonds. The Balaban J connectivity index is 1.76. The number of hydrogen-bond donors (Lipinski definition) is 3. The molecule has 4 unspecified atom stereocenters. The first kappa shape index (κ1) is 21.3. The molecule has 3 N–H and O–H groups in total. The summed E-state index contributed by atoms with van der Waals surface area (Å²) in [5, 5.41) is 28.3. The highest BCUT2D eigenvalue weighted by Crippen LogP contribution is 2.66. The van der Waals surface area contributed by atoms with Crippen LogP contribution in [0.3, 0.4) is 0 Å². The molecule has 4 aliphatic rings. The highest BCUT2D eigenvalue weighted by Gasteiger charge is 2.76. The second-order valence-corrected chi connectivity index (χ2v) is 10.5. The van der Waals surface area contributed by atoms with Crippen LogP contribution >= 0.6 is 11.6 Å². The second kappa shape index (κ2) is 6.95. The van der Waals surface area contributed by atoms with Gasteiger partial charge in [-0.05, 0) is 50.0 Å². The van der Waals surface area contributed by atoms with Crippen LogP contribution in [0.15, 0.2) is 30.4 Å². The Morgan fingerprint density at radius 1 is 1.29 bits per heavy atom. The molecule has 5 rings (SSSR count). The van der Waals surface area contributed by atoms with Crippen molar-refractivity contribution in [2.24, 2.45) is 23.2 Å². The summed E-state index contributed by atoms with van der Waals surface area (Å²) in [5.41, 5.74) is -2.78. The van der Waals surface area contributed by atoms with E-state index in [-0.39, 0.29) is 5.92 Å². The van der Waals surface area contributed by atoms with Crippen molar-refractivity contribution in [3.63, 3.8) is 0 Å². The number of benzene rings is 1. The van der Waals surface area contributed by atoms with Crippen LogP contribution in [0.4, 0.5) is 5.69 Å². The highest BCUT2D eigenvalue weighted by atomic mass is 35.5. The maximum atomic E-state index is 12.8. The molecule has 31 heavy (non-hydrogen) atoms. The van der Waals surface area contributed by atoms with Crippen molar-refractivity contribution < 1.29 is 19.8 Å². The lowest BCUT2D eigenvalue weighted by Gasteiger charge is -2.56. The van der Waals surface area contributed by atoms with E-state index in [0.29, 0.717) is 28.1 Å². The van der Waals surface area contributed by atoms with Crippen molar-refractivity contribution in [3.05, 3.63) is 40.9 Å². The fraction of sp³-hybridized carbons (Fsp3) is 0.625. The largest absolute Gasteiger partial charge is 0.480 e. The molecular formula is C24H31ClN2O4. The molecule has 6 nitrogen and oxygen atoms in total. The quantitative estimate of drug-likeness (QED) is 0.594. The molecule has 1 saturated heterocycles. The van der Waals surface area contributed by atoms with Crippen molar-refractivity contribution >= 4 is 23.3 Å². The highest BCUT2D eigenvalue weighted by molar-refractivity contribution is 6.33. The van der Waals surface area contributed by atoms with Crippen LogP contribution in [0.1, 0.15) is 51.5 Å². The molecule has 0 spiro atoms. The number of anilines is 1. The van der Waals surface area contributed by atoms with Crippen molar-refractivity contribution in [1.29, 1.82) is 0 Å². The second-order valence-electron chi connectivity index (χ2n) is 10.0. The summed E-state index contributed by atoms with van der Waals surface area (Å²) in [4.78, 5) is 18.9. The Kier molecular flexibility index (Phi) is 4.76. The van der Waals surface area contributed by atoms with Gasteiger partial charge in [-0.3, -0.25) is 20.0 Å². The van der Waals surface area contributed by atoms with Crippen LogP contribution in [-0.2, 0) is 15.2 Å². The Morgan fingerprint density at radius 2 is 2.03 bits per heavy atom. The Morgan fingerprint density at radius 3 is 2.77 bits per heavy atom. The van der Waals surface area contributed by atoms with Crippen LogP contribution in [0.5, 0.6) is 0 Å². The number of nitrogens with one attached hydrogen (secondary N) is 1. The molecule has 7 atom stereocenters. The molecule has 2 fully saturated rings. The first-order valence-corrected chi connectivity index (χ1v) is 11.6. The number of rotatable bonds is 2. The van der Waals surface area contributed by atoms with Crippen molar-refractivity contribution in [1.82, 2.24) is 5.32 Å². The summed E-state index contributed by atoms with van der Waals surface area (Å²) in [5.74, 6) is -0.245. The number of fused-ring (bicyclic) bond motifs is 4. The fourth-order valence-electron chi connectivity index (χ4n) is 7.15. The van der Waals surface area contributed by atoms with E-state index in [1.54, 1.807) is 25.1 Å². The molecule has 0 bridgehead atoms. The summed E-state index contributed by atoms with van der Waals surface area (Å²) < 4.78 is 0. The zero-order chi connectivity index (χ0) is 22.2. The van der Waals surface area contributed by atoms with E-state index in [4.69, 9.17) is 16.4 Å². The third-order valence-electron chi connectivity index (χ3n) is 8.94. The predicted molar refractivity (Wildman–Crippen MR) is 119 cm³/mol. The lowest BCUT2D eigenvalue weighted by Crippen LogP contribution is -2.64. The van der Waals surface area contributed by atoms with Gasteiger partial charge < -0.3 is 10.2 Å². The monoisotopic (exact) mass is 446 g/mol. The van der Waals surface area contributed by atoms with Crippen LogP contribution in [0, 0.1) is 23.2 Å². The van der Waals surface area contributed by atoms with Gasteiger partial charge in [0.15, 0.2) is 6.23 Å². The number of carboxylic acids is 1. The van der Waals surface area contributed by atoms with Gasteiger partial charge in [-0.15, -0.1) is 0 Å². The van der Waals surface area contributed by atoms with Gasteiger partial charge in [0.1, 0.15) is 11.1 Å². The van der Waals surface area contributed by atoms with Gasteiger partial charge in [0.05, 0.1) is 10.7 Å². The summed E-state index contributed by atoms with van der Waals surface area (Å²) in [6, 6.07) is 5.44. The van der Waals surface area contributed by atoms with Crippen LogP contribution < -0.4 is 10.4 Å². The Labute approximate surface area is 188 Å². The molecule has 2 aliphatic heterocycles. The number of aliphatic carboxylic acids is 1. The first-order valence-electron chi connectivity index (χ1n) is 11.3. The zero-order valence-electron chi connectivity index (χ0n) is 18.3. The maximum absolute atomic E-state index is 12.8. The zero-order valence-corrected chi connectivity index (χ0v) is 19.0. The van der Waals surface area contributed by atoms with Gasteiger partial charge >= 0.3 is 5.97 Å². The standard InChI is InChI=1S/C24H31ClN2O4/c1-22(16-11-6-9-14-8-4-5-10-15(14)16)23(2,21(28)29)26-20-24(22,30)17-12-7-13-18(25)19(17)27(3)31-20/h6-7,9,12-16,20,26,30H,4-5,8,10-11H2,1-3H3,(H,28,29)/t14?,15?,16?,20-,22?,23-,24+/m1/s1. The SMILES string of the molecule is CN1O[C@H]2N[C@](C)(C(=O)O)C(C)(C3CC=CC4CCCCC43)[C@]2(O)c2cccc(Cl)c21. The number of halogens is 1. The summed E-state index contributed by atoms with van der Waals surface area (Å²) >= 11 is 6.53. The normalized spacial score (nSPS) is 43.8. The number of hydroxylamine groups is 1. The van der Waals surface area contributed by atoms with Gasteiger partial charge in [-0.1, -0.05) is 55.7 Å². The van der Waals surface area contributed by atoms with Crippen LogP contribution in [0.25, 0.3) is 0 Å². The van der Waals surface area contributed by atoms with E-state index in [1.807, 2.05) is 19.1 Å². The van der Waals surface area contributed by atoms with Gasteiger partial charge in [-0.25, -0.2) is 0 Å². The minimum Gasteiger partial charge on any atom is -0.480 e. The molecule has 1 saturated carbocycles. The molecule has 0 aromatic heterocycles. The Hall–Kier alpha value is -1.60. The summed E-state index contributed by atoms with van der Waals surface area (Å²) in [6.45, 7) is 3.65. The molecular weight excluding hydrogens is 416 g/mol. The third-order valence-corrected chi connectivity index (χ3v) is 9.24. The van der Waals surface area contributed by atoms with Gasteiger partial charge in [0, 0.05) is 18.0 Å². The lowest BCUT2D eigenvalue weighted by atomic mass is 9.49. The summed E-state index contributed by atoms with van der Waals surface area (Å²) in [6.07, 6.45) is 8.84. The van der Waals surface area contributed by atoms with E-state index >= 15 is 0 Å². The van der Waals surface area contributed by atoms with Gasteiger partial charge in [0.25, 0.3) is 0 Å². The molecule has 2 heterocycles. The molecule has 2 aliphatic carbocycles. The van der Waals surface area contributed by atoms with Crippen molar-refractivity contribution in [2.45, 2.75) is 63.3 Å². The number of allylic oxidation sites excluding steroid dienone is 2. The maximum Gasteiger partial charge on any atom is 0.324 e. The van der Waals surface area contributed by atoms with E-state index < -0.39 is 28.8 Å². The number of aliphatic hydroxyl groups is 1. The average molecular weight is 447 g/mol. The molecule has 7 heteroatoms. The smallest absolute Gasteiger partial charge is 0.324 e. The first-order chi connectivity index (χ1) is 14.7. The minimum atomic E-state index is -1.56. The van der Waals surface area contributed by atoms with Gasteiger partial charge in [-0.2, -0.15) is 0 Å². The molecule has 168 valence electrons.